The second-order valence-electron chi connectivity index (χ2n) is 4.39. The van der Waals surface area contributed by atoms with Crippen LogP contribution in [0.4, 0.5) is 5.00 Å². The molecular formula is C13H13IN4O4S. The quantitative estimate of drug-likeness (QED) is 0.476. The van der Waals surface area contributed by atoms with Gasteiger partial charge >= 0.3 is 5.97 Å². The van der Waals surface area contributed by atoms with Gasteiger partial charge < -0.3 is 15.8 Å². The number of thiophene rings is 1. The van der Waals surface area contributed by atoms with Gasteiger partial charge in [-0.25, -0.2) is 4.79 Å². The lowest BCUT2D eigenvalue weighted by Crippen LogP contribution is -2.16. The molecule has 8 nitrogen and oxygen atoms in total. The number of aromatic amines is 1. The summed E-state index contributed by atoms with van der Waals surface area (Å²) in [5.74, 6) is -1.77. The highest BCUT2D eigenvalue weighted by Crippen LogP contribution is 2.33. The van der Waals surface area contributed by atoms with E-state index in [1.165, 1.54) is 6.20 Å². The Morgan fingerprint density at radius 1 is 1.48 bits per heavy atom. The van der Waals surface area contributed by atoms with Crippen molar-refractivity contribution in [1.29, 1.82) is 0 Å². The third-order valence-electron chi connectivity index (χ3n) is 2.90. The number of amides is 2. The number of hydrogen-bond acceptors (Lipinski definition) is 6. The van der Waals surface area contributed by atoms with Crippen LogP contribution in [0, 0.1) is 10.5 Å². The first-order valence-electron chi connectivity index (χ1n) is 6.47. The molecule has 2 aromatic rings. The Morgan fingerprint density at radius 3 is 2.70 bits per heavy atom. The predicted molar refractivity (Wildman–Crippen MR) is 92.8 cm³/mol. The van der Waals surface area contributed by atoms with Gasteiger partial charge in [-0.15, -0.1) is 11.3 Å². The number of esters is 1. The number of carbonyl (C=O) groups excluding carboxylic acids is 3. The highest BCUT2D eigenvalue weighted by Gasteiger charge is 2.26. The van der Waals surface area contributed by atoms with Crippen LogP contribution in [0.1, 0.15) is 43.0 Å². The van der Waals surface area contributed by atoms with Gasteiger partial charge in [0.2, 0.25) is 0 Å². The Kier molecular flexibility index (Phi) is 5.36. The number of rotatable bonds is 5. The molecule has 0 bridgehead atoms. The van der Waals surface area contributed by atoms with Crippen molar-refractivity contribution >= 4 is 56.7 Å². The first-order chi connectivity index (χ1) is 10.9. The molecule has 0 saturated heterocycles. The Hall–Kier alpha value is -1.95. The molecule has 0 saturated carbocycles. The standard InChI is InChI=1S/C13H13IN4O4S/c1-3-22-13(21)7-5(2)9(10(15)19)23-12(7)17-11(20)8-6(14)4-16-18-8/h4H,3H2,1-2H3,(H2,15,19)(H,16,18)(H,17,20). The largest absolute Gasteiger partial charge is 0.462 e. The van der Waals surface area contributed by atoms with Crippen molar-refractivity contribution in [3.63, 3.8) is 0 Å². The topological polar surface area (TPSA) is 127 Å². The zero-order valence-electron chi connectivity index (χ0n) is 12.2. The first-order valence-corrected chi connectivity index (χ1v) is 8.36. The molecule has 2 rings (SSSR count). The summed E-state index contributed by atoms with van der Waals surface area (Å²) in [5, 5.41) is 9.15. The van der Waals surface area contributed by atoms with Crippen LogP contribution in [0.3, 0.4) is 0 Å². The molecule has 2 amide bonds. The Balaban J connectivity index is 2.42. The van der Waals surface area contributed by atoms with Crippen LogP contribution in [0.5, 0.6) is 0 Å². The molecule has 4 N–H and O–H groups in total. The lowest BCUT2D eigenvalue weighted by Gasteiger charge is -2.06. The molecule has 23 heavy (non-hydrogen) atoms. The van der Waals surface area contributed by atoms with Crippen LogP contribution < -0.4 is 11.1 Å². The van der Waals surface area contributed by atoms with E-state index in [1.807, 2.05) is 22.6 Å². The molecule has 2 heterocycles. The SMILES string of the molecule is CCOC(=O)c1c(NC(=O)c2[nH]ncc2I)sc(C(N)=O)c1C. The number of primary amides is 1. The Bertz CT molecular complexity index is 783. The second kappa shape index (κ2) is 7.08. The molecule has 0 unspecified atom stereocenters. The number of nitrogens with zero attached hydrogens (tertiary/aromatic N) is 1. The van der Waals surface area contributed by atoms with E-state index in [0.29, 0.717) is 9.13 Å². The third-order valence-corrected chi connectivity index (χ3v) is 4.94. The summed E-state index contributed by atoms with van der Waals surface area (Å²) in [4.78, 5) is 36.1. The maximum absolute atomic E-state index is 12.3. The molecule has 0 atom stereocenters. The molecule has 0 aliphatic heterocycles. The van der Waals surface area contributed by atoms with E-state index in [4.69, 9.17) is 10.5 Å². The summed E-state index contributed by atoms with van der Waals surface area (Å²) in [7, 11) is 0. The summed E-state index contributed by atoms with van der Waals surface area (Å²) in [6.45, 7) is 3.42. The summed E-state index contributed by atoms with van der Waals surface area (Å²) in [6, 6.07) is 0. The molecule has 0 aliphatic carbocycles. The minimum atomic E-state index is -0.672. The van der Waals surface area contributed by atoms with Gasteiger partial charge in [0.1, 0.15) is 10.7 Å². The van der Waals surface area contributed by atoms with Crippen molar-refractivity contribution in [2.45, 2.75) is 13.8 Å². The number of ether oxygens (including phenoxy) is 1. The minimum absolute atomic E-state index is 0.133. The van der Waals surface area contributed by atoms with E-state index in [1.54, 1.807) is 13.8 Å². The fourth-order valence-electron chi connectivity index (χ4n) is 1.88. The van der Waals surface area contributed by atoms with Crippen LogP contribution in [0.2, 0.25) is 0 Å². The van der Waals surface area contributed by atoms with Crippen molar-refractivity contribution < 1.29 is 19.1 Å². The number of aromatic nitrogens is 2. The molecule has 122 valence electrons. The first kappa shape index (κ1) is 17.4. The molecule has 0 fully saturated rings. The van der Waals surface area contributed by atoms with Crippen molar-refractivity contribution in [2.75, 3.05) is 11.9 Å². The van der Waals surface area contributed by atoms with Crippen LogP contribution in [0.25, 0.3) is 0 Å². The van der Waals surface area contributed by atoms with Crippen molar-refractivity contribution in [1.82, 2.24) is 10.2 Å². The van der Waals surface area contributed by atoms with E-state index in [-0.39, 0.29) is 27.7 Å². The van der Waals surface area contributed by atoms with E-state index < -0.39 is 17.8 Å². The predicted octanol–water partition coefficient (Wildman–Crippen LogP) is 1.91. The average molecular weight is 448 g/mol. The molecule has 0 radical (unpaired) electrons. The molecule has 0 aromatic carbocycles. The number of nitrogens with one attached hydrogen (secondary N) is 2. The summed E-state index contributed by atoms with van der Waals surface area (Å²) in [5.41, 5.74) is 6.08. The van der Waals surface area contributed by atoms with Gasteiger partial charge in [-0.05, 0) is 42.0 Å². The average Bonchev–Trinajstić information content (AvgIpc) is 3.03. The van der Waals surface area contributed by atoms with Crippen molar-refractivity contribution in [2.24, 2.45) is 5.73 Å². The highest BCUT2D eigenvalue weighted by atomic mass is 127. The minimum Gasteiger partial charge on any atom is -0.462 e. The molecule has 0 aliphatic rings. The van der Waals surface area contributed by atoms with Gasteiger partial charge in [0, 0.05) is 0 Å². The zero-order chi connectivity index (χ0) is 17.1. The molecule has 2 aromatic heterocycles. The van der Waals surface area contributed by atoms with Crippen LogP contribution in [-0.2, 0) is 4.74 Å². The molecule has 0 spiro atoms. The number of H-pyrrole nitrogens is 1. The van der Waals surface area contributed by atoms with Crippen molar-refractivity contribution in [3.8, 4) is 0 Å². The fourth-order valence-corrected chi connectivity index (χ4v) is 3.43. The summed E-state index contributed by atoms with van der Waals surface area (Å²) in [6.07, 6.45) is 1.50. The highest BCUT2D eigenvalue weighted by molar-refractivity contribution is 14.1. The van der Waals surface area contributed by atoms with Gasteiger partial charge in [0.25, 0.3) is 11.8 Å². The summed E-state index contributed by atoms with van der Waals surface area (Å²) < 4.78 is 5.61. The normalized spacial score (nSPS) is 10.4. The lowest BCUT2D eigenvalue weighted by molar-refractivity contribution is 0.0527. The monoisotopic (exact) mass is 448 g/mol. The van der Waals surface area contributed by atoms with Crippen LogP contribution >= 0.6 is 33.9 Å². The molecule has 10 heteroatoms. The Morgan fingerprint density at radius 2 is 2.17 bits per heavy atom. The lowest BCUT2D eigenvalue weighted by atomic mass is 10.1. The van der Waals surface area contributed by atoms with Crippen LogP contribution in [0.15, 0.2) is 6.20 Å². The number of carbonyl (C=O) groups is 3. The van der Waals surface area contributed by atoms with E-state index in [2.05, 4.69) is 15.5 Å². The smallest absolute Gasteiger partial charge is 0.341 e. The van der Waals surface area contributed by atoms with E-state index in [9.17, 15) is 14.4 Å². The molecular weight excluding hydrogens is 435 g/mol. The maximum Gasteiger partial charge on any atom is 0.341 e. The van der Waals surface area contributed by atoms with E-state index in [0.717, 1.165) is 11.3 Å². The second-order valence-corrected chi connectivity index (χ2v) is 6.57. The van der Waals surface area contributed by atoms with Gasteiger partial charge in [-0.3, -0.25) is 14.7 Å². The Labute approximate surface area is 148 Å². The maximum atomic E-state index is 12.3. The number of nitrogens with two attached hydrogens (primary N) is 1. The number of halogens is 1. The van der Waals surface area contributed by atoms with Crippen molar-refractivity contribution in [3.05, 3.63) is 31.5 Å². The fraction of sp³-hybridized carbons (Fsp3) is 0.231. The van der Waals surface area contributed by atoms with Crippen LogP contribution in [-0.4, -0.2) is 34.6 Å². The summed E-state index contributed by atoms with van der Waals surface area (Å²) >= 11 is 2.89. The van der Waals surface area contributed by atoms with E-state index >= 15 is 0 Å². The van der Waals surface area contributed by atoms with Gasteiger partial charge in [-0.1, -0.05) is 0 Å². The zero-order valence-corrected chi connectivity index (χ0v) is 15.2. The number of hydrogen-bond donors (Lipinski definition) is 3. The third kappa shape index (κ3) is 3.52. The number of anilines is 1. The van der Waals surface area contributed by atoms with Gasteiger partial charge in [0.05, 0.1) is 26.8 Å². The van der Waals surface area contributed by atoms with Gasteiger partial charge in [-0.2, -0.15) is 5.10 Å². The van der Waals surface area contributed by atoms with Gasteiger partial charge in [0.15, 0.2) is 0 Å².